The zero-order chi connectivity index (χ0) is 20.9. The van der Waals surface area contributed by atoms with Crippen LogP contribution in [0.1, 0.15) is 17.5 Å². The lowest BCUT2D eigenvalue weighted by Crippen LogP contribution is -2.33. The Hall–Kier alpha value is -3.71. The molecule has 6 nitrogen and oxygen atoms in total. The zero-order valence-corrected chi connectivity index (χ0v) is 16.3. The van der Waals surface area contributed by atoms with Gasteiger partial charge in [0.25, 0.3) is 0 Å². The van der Waals surface area contributed by atoms with Gasteiger partial charge in [-0.05, 0) is 48.0 Å². The molecule has 150 valence electrons. The van der Waals surface area contributed by atoms with Crippen LogP contribution < -0.4 is 10.6 Å². The molecular weight excluding hydrogens is 407 g/mol. The molecule has 0 unspecified atom stereocenters. The monoisotopic (exact) mass is 422 g/mol. The number of urea groups is 1. The molecular formula is C22H16ClFN4O2. The Bertz CT molecular complexity index is 1150. The molecule has 1 heterocycles. The number of nitrogens with zero attached hydrogens (tertiary/aromatic N) is 2. The van der Waals surface area contributed by atoms with Crippen molar-refractivity contribution in [3.05, 3.63) is 101 Å². The predicted octanol–water partition coefficient (Wildman–Crippen LogP) is 5.44. The molecule has 2 amide bonds. The number of hydrogen-bond acceptors (Lipinski definition) is 4. The molecule has 0 fully saturated rings. The molecule has 0 aliphatic rings. The lowest BCUT2D eigenvalue weighted by Gasteiger charge is -2.16. The van der Waals surface area contributed by atoms with Crippen molar-refractivity contribution in [2.75, 3.05) is 5.32 Å². The van der Waals surface area contributed by atoms with Crippen LogP contribution in [-0.2, 0) is 0 Å². The molecule has 0 bridgehead atoms. The first-order chi connectivity index (χ1) is 14.6. The van der Waals surface area contributed by atoms with Crippen LogP contribution in [0.3, 0.4) is 0 Å². The maximum absolute atomic E-state index is 13.4. The van der Waals surface area contributed by atoms with Gasteiger partial charge in [-0.15, -0.1) is 10.2 Å². The average molecular weight is 423 g/mol. The molecule has 0 radical (unpaired) electrons. The number of carbonyl (C=O) groups excluding carboxylic acids is 1. The minimum absolute atomic E-state index is 0.200. The second-order valence-electron chi connectivity index (χ2n) is 6.40. The molecule has 2 N–H and O–H groups in total. The van der Waals surface area contributed by atoms with Crippen LogP contribution in [0.4, 0.5) is 14.9 Å². The van der Waals surface area contributed by atoms with Gasteiger partial charge in [0.05, 0.1) is 0 Å². The number of rotatable bonds is 5. The van der Waals surface area contributed by atoms with Gasteiger partial charge in [-0.25, -0.2) is 9.18 Å². The van der Waals surface area contributed by atoms with E-state index < -0.39 is 17.9 Å². The largest absolute Gasteiger partial charge is 0.418 e. The molecule has 30 heavy (non-hydrogen) atoms. The van der Waals surface area contributed by atoms with E-state index in [-0.39, 0.29) is 5.89 Å². The number of carbonyl (C=O) groups is 1. The van der Waals surface area contributed by atoms with Crippen molar-refractivity contribution in [2.24, 2.45) is 0 Å². The van der Waals surface area contributed by atoms with E-state index in [0.29, 0.717) is 22.2 Å². The topological polar surface area (TPSA) is 80.0 Å². The average Bonchev–Trinajstić information content (AvgIpc) is 3.23. The van der Waals surface area contributed by atoms with Crippen LogP contribution in [-0.4, -0.2) is 16.2 Å². The zero-order valence-electron chi connectivity index (χ0n) is 15.5. The van der Waals surface area contributed by atoms with Crippen molar-refractivity contribution in [1.82, 2.24) is 15.5 Å². The lowest BCUT2D eigenvalue weighted by atomic mass is 10.1. The SMILES string of the molecule is O=C(Nc1cccc(F)c1)N[C@@H](c1ccc(Cl)cc1)c1nnc(-c2ccccc2)o1. The fourth-order valence-electron chi connectivity index (χ4n) is 2.86. The molecule has 1 aromatic heterocycles. The molecule has 8 heteroatoms. The summed E-state index contributed by atoms with van der Waals surface area (Å²) in [5.41, 5.74) is 1.77. The first-order valence-corrected chi connectivity index (χ1v) is 9.43. The Kier molecular flexibility index (Phi) is 5.72. The van der Waals surface area contributed by atoms with Gasteiger partial charge in [-0.3, -0.25) is 0 Å². The molecule has 4 rings (SSSR count). The quantitative estimate of drug-likeness (QED) is 0.448. The summed E-state index contributed by atoms with van der Waals surface area (Å²) in [4.78, 5) is 12.6. The summed E-state index contributed by atoms with van der Waals surface area (Å²) < 4.78 is 19.2. The Morgan fingerprint density at radius 1 is 0.967 bits per heavy atom. The Labute approximate surface area is 176 Å². The molecule has 0 aliphatic heterocycles. The highest BCUT2D eigenvalue weighted by atomic mass is 35.5. The summed E-state index contributed by atoms with van der Waals surface area (Å²) >= 11 is 5.99. The molecule has 0 saturated carbocycles. The third-order valence-corrected chi connectivity index (χ3v) is 4.52. The van der Waals surface area contributed by atoms with Crippen LogP contribution >= 0.6 is 11.6 Å². The van der Waals surface area contributed by atoms with E-state index in [1.54, 1.807) is 30.3 Å². The first-order valence-electron chi connectivity index (χ1n) is 9.06. The summed E-state index contributed by atoms with van der Waals surface area (Å²) in [5.74, 6) is 0.0777. The Balaban J connectivity index is 1.61. The number of anilines is 1. The molecule has 4 aromatic rings. The van der Waals surface area contributed by atoms with Gasteiger partial charge in [0.2, 0.25) is 11.8 Å². The summed E-state index contributed by atoms with van der Waals surface area (Å²) in [6.07, 6.45) is 0. The standard InChI is InChI=1S/C22H16ClFN4O2/c23-16-11-9-14(10-12-16)19(26-22(29)25-18-8-4-7-17(24)13-18)21-28-27-20(30-21)15-5-2-1-3-6-15/h1-13,19H,(H2,25,26,29)/t19-/m0/s1. The second-order valence-corrected chi connectivity index (χ2v) is 6.84. The highest BCUT2D eigenvalue weighted by molar-refractivity contribution is 6.30. The maximum atomic E-state index is 13.4. The van der Waals surface area contributed by atoms with Gasteiger partial charge >= 0.3 is 6.03 Å². The molecule has 0 spiro atoms. The lowest BCUT2D eigenvalue weighted by molar-refractivity contribution is 0.248. The maximum Gasteiger partial charge on any atom is 0.320 e. The summed E-state index contributed by atoms with van der Waals surface area (Å²) in [7, 11) is 0. The van der Waals surface area contributed by atoms with Crippen molar-refractivity contribution in [1.29, 1.82) is 0 Å². The number of aromatic nitrogens is 2. The number of nitrogens with one attached hydrogen (secondary N) is 2. The third kappa shape index (κ3) is 4.64. The van der Waals surface area contributed by atoms with Crippen LogP contribution in [0.25, 0.3) is 11.5 Å². The third-order valence-electron chi connectivity index (χ3n) is 4.27. The fraction of sp³-hybridized carbons (Fsp3) is 0.0455. The van der Waals surface area contributed by atoms with Crippen LogP contribution in [0, 0.1) is 5.82 Å². The van der Waals surface area contributed by atoms with Crippen molar-refractivity contribution in [2.45, 2.75) is 6.04 Å². The summed E-state index contributed by atoms with van der Waals surface area (Å²) in [5, 5.41) is 14.1. The number of benzene rings is 3. The minimum atomic E-state index is -0.735. The molecule has 0 saturated heterocycles. The van der Waals surface area contributed by atoms with Gasteiger partial charge in [-0.2, -0.15) is 0 Å². The summed E-state index contributed by atoms with van der Waals surface area (Å²) in [6, 6.07) is 20.5. The fourth-order valence-corrected chi connectivity index (χ4v) is 2.98. The Morgan fingerprint density at radius 2 is 1.73 bits per heavy atom. The van der Waals surface area contributed by atoms with Crippen LogP contribution in [0.15, 0.2) is 83.3 Å². The van der Waals surface area contributed by atoms with Crippen LogP contribution in [0.2, 0.25) is 5.02 Å². The molecule has 3 aromatic carbocycles. The van der Waals surface area contributed by atoms with E-state index in [2.05, 4.69) is 20.8 Å². The van der Waals surface area contributed by atoms with E-state index in [4.69, 9.17) is 16.0 Å². The molecule has 0 aliphatic carbocycles. The van der Waals surface area contributed by atoms with Gasteiger partial charge in [-0.1, -0.05) is 48.0 Å². The normalized spacial score (nSPS) is 11.7. The highest BCUT2D eigenvalue weighted by Crippen LogP contribution is 2.26. The van der Waals surface area contributed by atoms with E-state index >= 15 is 0 Å². The summed E-state index contributed by atoms with van der Waals surface area (Å²) in [6.45, 7) is 0. The van der Waals surface area contributed by atoms with Crippen molar-refractivity contribution >= 4 is 23.3 Å². The van der Waals surface area contributed by atoms with Gasteiger partial charge in [0.1, 0.15) is 11.9 Å². The van der Waals surface area contributed by atoms with E-state index in [9.17, 15) is 9.18 Å². The highest BCUT2D eigenvalue weighted by Gasteiger charge is 2.23. The van der Waals surface area contributed by atoms with Crippen molar-refractivity contribution in [3.63, 3.8) is 0 Å². The van der Waals surface area contributed by atoms with Crippen LogP contribution in [0.5, 0.6) is 0 Å². The predicted molar refractivity (Wildman–Crippen MR) is 112 cm³/mol. The first kappa shape index (κ1) is 19.6. The van der Waals surface area contributed by atoms with Gasteiger partial charge in [0, 0.05) is 16.3 Å². The Morgan fingerprint density at radius 3 is 2.47 bits per heavy atom. The smallest absolute Gasteiger partial charge is 0.320 e. The second kappa shape index (κ2) is 8.75. The minimum Gasteiger partial charge on any atom is -0.418 e. The van der Waals surface area contributed by atoms with Crippen molar-refractivity contribution < 1.29 is 13.6 Å². The van der Waals surface area contributed by atoms with Crippen molar-refractivity contribution in [3.8, 4) is 11.5 Å². The van der Waals surface area contributed by atoms with E-state index in [0.717, 1.165) is 5.56 Å². The number of halogens is 2. The molecule has 1 atom stereocenters. The van der Waals surface area contributed by atoms with Gasteiger partial charge < -0.3 is 15.1 Å². The van der Waals surface area contributed by atoms with E-state index in [1.807, 2.05) is 30.3 Å². The number of amides is 2. The van der Waals surface area contributed by atoms with E-state index in [1.165, 1.54) is 18.2 Å². The number of hydrogen-bond donors (Lipinski definition) is 2. The van der Waals surface area contributed by atoms with Gasteiger partial charge in [0.15, 0.2) is 0 Å².